The highest BCUT2D eigenvalue weighted by Gasteiger charge is 2.36. The molecule has 160 valence electrons. The van der Waals surface area contributed by atoms with E-state index in [1.807, 2.05) is 31.2 Å². The van der Waals surface area contributed by atoms with Crippen LogP contribution in [0.2, 0.25) is 0 Å². The molecule has 0 unspecified atom stereocenters. The third-order valence-electron chi connectivity index (χ3n) is 5.14. The van der Waals surface area contributed by atoms with Crippen molar-refractivity contribution in [3.8, 4) is 11.3 Å². The lowest BCUT2D eigenvalue weighted by Crippen LogP contribution is -2.40. The van der Waals surface area contributed by atoms with Gasteiger partial charge < -0.3 is 4.90 Å². The monoisotopic (exact) mass is 443 g/mol. The minimum atomic E-state index is -4.61. The smallest absolute Gasteiger partial charge is 0.308 e. The molecule has 0 saturated heterocycles. The van der Waals surface area contributed by atoms with Crippen LogP contribution in [0.3, 0.4) is 0 Å². The lowest BCUT2D eigenvalue weighted by Gasteiger charge is -2.25. The number of carbonyl (C=O) groups is 1. The molecule has 8 heteroatoms. The van der Waals surface area contributed by atoms with Crippen LogP contribution in [0.15, 0.2) is 65.8 Å². The fourth-order valence-electron chi connectivity index (χ4n) is 3.69. The zero-order valence-electron chi connectivity index (χ0n) is 16.9. The molecule has 1 aromatic heterocycles. The highest BCUT2D eigenvalue weighted by atomic mass is 32.2. The molecule has 3 aromatic rings. The summed E-state index contributed by atoms with van der Waals surface area (Å²) in [6.07, 6.45) is -3.87. The molecule has 2 aromatic carbocycles. The quantitative estimate of drug-likeness (QED) is 0.388. The first kappa shape index (κ1) is 21.4. The Morgan fingerprint density at radius 2 is 1.77 bits per heavy atom. The average molecular weight is 443 g/mol. The van der Waals surface area contributed by atoms with Crippen molar-refractivity contribution in [3.05, 3.63) is 71.9 Å². The Kier molecular flexibility index (Phi) is 5.75. The van der Waals surface area contributed by atoms with Crippen LogP contribution in [0, 0.1) is 0 Å². The van der Waals surface area contributed by atoms with Gasteiger partial charge in [0.15, 0.2) is 5.16 Å². The SMILES string of the molecule is C[C@H](Sc1nc(-c2ccccc2)cc(C(F)(F)F)n1)C(=O)N1c2ccccc2C[C@@H]1C. The summed E-state index contributed by atoms with van der Waals surface area (Å²) in [6.45, 7) is 3.63. The molecule has 0 fully saturated rings. The Hall–Kier alpha value is -2.87. The van der Waals surface area contributed by atoms with E-state index in [-0.39, 0.29) is 22.8 Å². The van der Waals surface area contributed by atoms with Crippen molar-refractivity contribution in [2.45, 2.75) is 42.9 Å². The molecule has 31 heavy (non-hydrogen) atoms. The first-order chi connectivity index (χ1) is 14.7. The maximum atomic E-state index is 13.4. The second-order valence-electron chi connectivity index (χ2n) is 7.43. The van der Waals surface area contributed by atoms with Gasteiger partial charge in [0.1, 0.15) is 5.69 Å². The van der Waals surface area contributed by atoms with Crippen LogP contribution in [0.1, 0.15) is 25.1 Å². The van der Waals surface area contributed by atoms with E-state index >= 15 is 0 Å². The Balaban J connectivity index is 1.63. The molecule has 0 saturated carbocycles. The maximum Gasteiger partial charge on any atom is 0.433 e. The Morgan fingerprint density at radius 1 is 1.10 bits per heavy atom. The first-order valence-corrected chi connectivity index (χ1v) is 10.7. The number of alkyl halides is 3. The zero-order valence-corrected chi connectivity index (χ0v) is 17.7. The summed E-state index contributed by atoms with van der Waals surface area (Å²) < 4.78 is 40.3. The molecule has 2 atom stereocenters. The van der Waals surface area contributed by atoms with Crippen molar-refractivity contribution in [3.63, 3.8) is 0 Å². The molecule has 0 aliphatic carbocycles. The van der Waals surface area contributed by atoms with Crippen molar-refractivity contribution >= 4 is 23.4 Å². The number of carbonyl (C=O) groups excluding carboxylic acids is 1. The van der Waals surface area contributed by atoms with Gasteiger partial charge in [-0.25, -0.2) is 9.97 Å². The number of thioether (sulfide) groups is 1. The van der Waals surface area contributed by atoms with E-state index < -0.39 is 17.1 Å². The van der Waals surface area contributed by atoms with Crippen LogP contribution in [-0.4, -0.2) is 27.2 Å². The van der Waals surface area contributed by atoms with Gasteiger partial charge in [-0.1, -0.05) is 60.3 Å². The van der Waals surface area contributed by atoms with E-state index in [9.17, 15) is 18.0 Å². The second kappa shape index (κ2) is 8.34. The summed E-state index contributed by atoms with van der Waals surface area (Å²) in [5.41, 5.74) is 1.64. The van der Waals surface area contributed by atoms with Gasteiger partial charge >= 0.3 is 6.18 Å². The molecule has 0 N–H and O–H groups in total. The van der Waals surface area contributed by atoms with Gasteiger partial charge in [-0.3, -0.25) is 4.79 Å². The predicted molar refractivity (Wildman–Crippen MR) is 115 cm³/mol. The van der Waals surface area contributed by atoms with Gasteiger partial charge in [-0.05, 0) is 38.0 Å². The molecule has 1 amide bonds. The van der Waals surface area contributed by atoms with Gasteiger partial charge in [0, 0.05) is 17.3 Å². The summed E-state index contributed by atoms with van der Waals surface area (Å²) in [4.78, 5) is 22.9. The lowest BCUT2D eigenvalue weighted by atomic mass is 10.1. The van der Waals surface area contributed by atoms with Gasteiger partial charge in [0.05, 0.1) is 10.9 Å². The second-order valence-corrected chi connectivity index (χ2v) is 8.74. The molecule has 4 rings (SSSR count). The largest absolute Gasteiger partial charge is 0.433 e. The number of anilines is 1. The number of aromatic nitrogens is 2. The maximum absolute atomic E-state index is 13.4. The van der Waals surface area contributed by atoms with Crippen LogP contribution >= 0.6 is 11.8 Å². The predicted octanol–water partition coefficient (Wildman–Crippen LogP) is 5.62. The van der Waals surface area contributed by atoms with Crippen molar-refractivity contribution in [1.82, 2.24) is 9.97 Å². The summed E-state index contributed by atoms with van der Waals surface area (Å²) >= 11 is 0.941. The molecule has 0 spiro atoms. The molecule has 0 bridgehead atoms. The molecule has 2 heterocycles. The molecule has 4 nitrogen and oxygen atoms in total. The number of benzene rings is 2. The normalized spacial score (nSPS) is 16.8. The summed E-state index contributed by atoms with van der Waals surface area (Å²) in [5, 5.41) is -0.727. The van der Waals surface area contributed by atoms with Crippen molar-refractivity contribution in [2.24, 2.45) is 0 Å². The lowest BCUT2D eigenvalue weighted by molar-refractivity contribution is -0.141. The van der Waals surface area contributed by atoms with E-state index in [1.54, 1.807) is 42.2 Å². The van der Waals surface area contributed by atoms with E-state index in [1.165, 1.54) is 0 Å². The highest BCUT2D eigenvalue weighted by molar-refractivity contribution is 8.00. The highest BCUT2D eigenvalue weighted by Crippen LogP contribution is 2.36. The molecular weight excluding hydrogens is 423 g/mol. The van der Waals surface area contributed by atoms with E-state index in [0.29, 0.717) is 5.56 Å². The minimum Gasteiger partial charge on any atom is -0.308 e. The van der Waals surface area contributed by atoms with Gasteiger partial charge in [0.25, 0.3) is 0 Å². The number of hydrogen-bond donors (Lipinski definition) is 0. The van der Waals surface area contributed by atoms with E-state index in [2.05, 4.69) is 9.97 Å². The van der Waals surface area contributed by atoms with Crippen molar-refractivity contribution < 1.29 is 18.0 Å². The number of amides is 1. The Labute approximate surface area is 182 Å². The number of nitrogens with zero attached hydrogens (tertiary/aromatic N) is 3. The van der Waals surface area contributed by atoms with Gasteiger partial charge in [0.2, 0.25) is 5.91 Å². The number of hydrogen-bond acceptors (Lipinski definition) is 4. The van der Waals surface area contributed by atoms with Crippen LogP contribution in [-0.2, 0) is 17.4 Å². The molecule has 1 aliphatic heterocycles. The van der Waals surface area contributed by atoms with Crippen LogP contribution in [0.5, 0.6) is 0 Å². The number of halogens is 3. The average Bonchev–Trinajstić information content (AvgIpc) is 3.08. The van der Waals surface area contributed by atoms with Crippen LogP contribution in [0.4, 0.5) is 18.9 Å². The van der Waals surface area contributed by atoms with Gasteiger partial charge in [-0.2, -0.15) is 13.2 Å². The van der Waals surface area contributed by atoms with E-state index in [0.717, 1.165) is 35.5 Å². The van der Waals surface area contributed by atoms with Crippen molar-refractivity contribution in [2.75, 3.05) is 4.90 Å². The van der Waals surface area contributed by atoms with Crippen molar-refractivity contribution in [1.29, 1.82) is 0 Å². The summed E-state index contributed by atoms with van der Waals surface area (Å²) in [5.74, 6) is -0.176. The number of rotatable bonds is 4. The van der Waals surface area contributed by atoms with Gasteiger partial charge in [-0.15, -0.1) is 0 Å². The third-order valence-corrected chi connectivity index (χ3v) is 6.09. The fourth-order valence-corrected chi connectivity index (χ4v) is 4.52. The summed E-state index contributed by atoms with van der Waals surface area (Å²) in [6, 6.07) is 17.2. The third kappa shape index (κ3) is 4.44. The van der Waals surface area contributed by atoms with Crippen LogP contribution < -0.4 is 4.90 Å². The zero-order chi connectivity index (χ0) is 22.2. The number of para-hydroxylation sites is 1. The number of fused-ring (bicyclic) bond motifs is 1. The van der Waals surface area contributed by atoms with Crippen LogP contribution in [0.25, 0.3) is 11.3 Å². The summed E-state index contributed by atoms with van der Waals surface area (Å²) in [7, 11) is 0. The Bertz CT molecular complexity index is 1100. The minimum absolute atomic E-state index is 0.0183. The topological polar surface area (TPSA) is 46.1 Å². The standard InChI is InChI=1S/C23H20F3N3OS/c1-14-12-17-10-6-7-11-19(17)29(14)21(30)15(2)31-22-27-18(16-8-4-3-5-9-16)13-20(28-22)23(24,25)26/h3-11,13-15H,12H2,1-2H3/t14-,15-/m0/s1. The van der Waals surface area contributed by atoms with E-state index in [4.69, 9.17) is 0 Å². The molecule has 1 aliphatic rings. The first-order valence-electron chi connectivity index (χ1n) is 9.83. The molecule has 0 radical (unpaired) electrons. The molecular formula is C23H20F3N3OS. The fraction of sp³-hybridized carbons (Fsp3) is 0.261. The Morgan fingerprint density at radius 3 is 2.48 bits per heavy atom.